The molecule has 39 heavy (non-hydrogen) atoms. The Bertz CT molecular complexity index is 1300. The van der Waals surface area contributed by atoms with E-state index in [1.54, 1.807) is 24.3 Å². The molecule has 9 nitrogen and oxygen atoms in total. The normalized spacial score (nSPS) is 41.3. The fourth-order valence-corrected chi connectivity index (χ4v) is 8.40. The van der Waals surface area contributed by atoms with E-state index in [-0.39, 0.29) is 35.9 Å². The number of ether oxygens (including phenoxy) is 1. The van der Waals surface area contributed by atoms with Crippen molar-refractivity contribution in [1.29, 1.82) is 0 Å². The maximum atomic E-state index is 16.0. The topological polar surface area (TPSA) is 130 Å². The number of nitrogens with two attached hydrogens (primary N) is 1. The molecule has 0 bridgehead atoms. The molecular formula is C29H32FN3O6. The number of carboxylic acid groups (broad SMARTS) is 1. The second kappa shape index (κ2) is 9.04. The van der Waals surface area contributed by atoms with Crippen LogP contribution in [0, 0.1) is 23.7 Å². The zero-order chi connectivity index (χ0) is 27.2. The molecule has 4 fully saturated rings. The number of ketones is 3. The number of morpholine rings is 1. The van der Waals surface area contributed by atoms with Crippen LogP contribution in [0.5, 0.6) is 0 Å². The summed E-state index contributed by atoms with van der Waals surface area (Å²) in [5.41, 5.74) is 6.40. The van der Waals surface area contributed by atoms with Crippen molar-refractivity contribution in [3.05, 3.63) is 47.2 Å². The number of carbonyl (C=O) groups excluding carboxylic acids is 3. The third-order valence-electron chi connectivity index (χ3n) is 10.2. The van der Waals surface area contributed by atoms with Crippen molar-refractivity contribution in [2.45, 2.75) is 62.2 Å². The number of carbonyl (C=O) groups is 4. The maximum absolute atomic E-state index is 16.0. The Morgan fingerprint density at radius 3 is 2.33 bits per heavy atom. The number of alkyl halides is 1. The van der Waals surface area contributed by atoms with Crippen molar-refractivity contribution in [1.82, 2.24) is 9.80 Å². The van der Waals surface area contributed by atoms with E-state index in [2.05, 4.69) is 4.90 Å². The Kier molecular flexibility index (Phi) is 5.81. The number of fused-ring (bicyclic) bond motifs is 4. The van der Waals surface area contributed by atoms with Crippen LogP contribution in [0.3, 0.4) is 0 Å². The molecule has 3 N–H and O–H groups in total. The van der Waals surface area contributed by atoms with E-state index in [1.807, 2.05) is 4.90 Å². The highest BCUT2D eigenvalue weighted by Gasteiger charge is 2.62. The molecule has 10 atom stereocenters. The van der Waals surface area contributed by atoms with Crippen LogP contribution in [0.15, 0.2) is 36.0 Å². The number of hydrogen-bond donors (Lipinski definition) is 2. The van der Waals surface area contributed by atoms with Gasteiger partial charge in [0.15, 0.2) is 17.3 Å². The predicted molar refractivity (Wildman–Crippen MR) is 136 cm³/mol. The minimum atomic E-state index is -1.37. The lowest BCUT2D eigenvalue weighted by Gasteiger charge is -2.61. The molecule has 1 aromatic rings. The van der Waals surface area contributed by atoms with E-state index < -0.39 is 66.0 Å². The van der Waals surface area contributed by atoms with Crippen molar-refractivity contribution < 1.29 is 33.4 Å². The second-order valence-corrected chi connectivity index (χ2v) is 12.0. The number of benzene rings is 1. The lowest BCUT2D eigenvalue weighted by atomic mass is 9.63. The molecule has 1 aromatic carbocycles. The summed E-state index contributed by atoms with van der Waals surface area (Å²) < 4.78 is 22.7. The molecular weight excluding hydrogens is 505 g/mol. The largest absolute Gasteiger partial charge is 0.478 e. The fourth-order valence-electron chi connectivity index (χ4n) is 8.40. The molecule has 0 spiro atoms. The predicted octanol–water partition coefficient (Wildman–Crippen LogP) is 1.46. The number of rotatable bonds is 3. The van der Waals surface area contributed by atoms with Crippen molar-refractivity contribution >= 4 is 23.3 Å². The molecule has 10 unspecified atom stereocenters. The summed E-state index contributed by atoms with van der Waals surface area (Å²) in [4.78, 5) is 56.4. The summed E-state index contributed by atoms with van der Waals surface area (Å²) in [6.45, 7) is 1.83. The van der Waals surface area contributed by atoms with Gasteiger partial charge < -0.3 is 20.5 Å². The van der Waals surface area contributed by atoms with Crippen LogP contribution in [-0.4, -0.2) is 94.4 Å². The number of Topliss-reactive ketones (excluding diaryl/α,β-unsaturated/α-hetero) is 3. The van der Waals surface area contributed by atoms with Crippen LogP contribution in [0.25, 0.3) is 0 Å². The highest BCUT2D eigenvalue weighted by Crippen LogP contribution is 2.50. The van der Waals surface area contributed by atoms with Gasteiger partial charge in [0.05, 0.1) is 30.3 Å². The van der Waals surface area contributed by atoms with Gasteiger partial charge in [0, 0.05) is 41.6 Å². The van der Waals surface area contributed by atoms with Gasteiger partial charge in [-0.2, -0.15) is 0 Å². The SMILES string of the molecule is NCC1CCN(C2C(F)CC3C(=O)C(C(=O)O)=CN4C5CC6C(=O)c7ccccc7C(=O)C6CC5OC2C34)C1. The Labute approximate surface area is 225 Å². The molecule has 10 heteroatoms. The van der Waals surface area contributed by atoms with Gasteiger partial charge in [-0.05, 0) is 44.7 Å². The van der Waals surface area contributed by atoms with Crippen LogP contribution in [0.2, 0.25) is 0 Å². The molecule has 0 radical (unpaired) electrons. The minimum Gasteiger partial charge on any atom is -0.478 e. The highest BCUT2D eigenvalue weighted by molar-refractivity contribution is 6.18. The van der Waals surface area contributed by atoms with Gasteiger partial charge in [0.1, 0.15) is 11.7 Å². The van der Waals surface area contributed by atoms with Gasteiger partial charge in [0.2, 0.25) is 0 Å². The molecule has 3 aliphatic carbocycles. The first-order valence-electron chi connectivity index (χ1n) is 14.0. The summed E-state index contributed by atoms with van der Waals surface area (Å²) in [6.07, 6.45) is 0.239. The van der Waals surface area contributed by atoms with E-state index in [4.69, 9.17) is 10.5 Å². The van der Waals surface area contributed by atoms with Crippen molar-refractivity contribution in [3.8, 4) is 0 Å². The second-order valence-electron chi connectivity index (χ2n) is 12.0. The minimum absolute atomic E-state index is 0.0762. The quantitative estimate of drug-likeness (QED) is 0.551. The zero-order valence-electron chi connectivity index (χ0n) is 21.4. The summed E-state index contributed by atoms with van der Waals surface area (Å²) in [6, 6.07) is 5.34. The van der Waals surface area contributed by atoms with Gasteiger partial charge in [-0.25, -0.2) is 9.18 Å². The summed E-state index contributed by atoms with van der Waals surface area (Å²) >= 11 is 0. The first-order valence-corrected chi connectivity index (χ1v) is 14.0. The number of carboxylic acids is 1. The van der Waals surface area contributed by atoms with Crippen LogP contribution >= 0.6 is 0 Å². The van der Waals surface area contributed by atoms with E-state index >= 15 is 4.39 Å². The molecule has 7 rings (SSSR count). The molecule has 6 aliphatic rings. The molecule has 3 heterocycles. The Morgan fingerprint density at radius 2 is 1.69 bits per heavy atom. The smallest absolute Gasteiger partial charge is 0.340 e. The van der Waals surface area contributed by atoms with Crippen LogP contribution < -0.4 is 5.73 Å². The number of halogens is 1. The van der Waals surface area contributed by atoms with Crippen LogP contribution in [0.4, 0.5) is 4.39 Å². The first kappa shape index (κ1) is 25.0. The molecule has 3 aliphatic heterocycles. The summed E-state index contributed by atoms with van der Waals surface area (Å²) in [7, 11) is 0. The lowest BCUT2D eigenvalue weighted by Crippen LogP contribution is -2.73. The van der Waals surface area contributed by atoms with Crippen molar-refractivity contribution in [2.24, 2.45) is 29.4 Å². The first-order chi connectivity index (χ1) is 18.8. The average molecular weight is 538 g/mol. The van der Waals surface area contributed by atoms with E-state index in [0.717, 1.165) is 6.42 Å². The van der Waals surface area contributed by atoms with Crippen LogP contribution in [-0.2, 0) is 14.3 Å². The highest BCUT2D eigenvalue weighted by atomic mass is 19.1. The number of nitrogens with zero attached hydrogens (tertiary/aromatic N) is 2. The number of hydrogen-bond acceptors (Lipinski definition) is 8. The van der Waals surface area contributed by atoms with Gasteiger partial charge in [-0.15, -0.1) is 0 Å². The third-order valence-corrected chi connectivity index (χ3v) is 10.2. The number of likely N-dealkylation sites (tertiary alicyclic amines) is 1. The fraction of sp³-hybridized carbons (Fsp3) is 0.586. The van der Waals surface area contributed by atoms with Crippen molar-refractivity contribution in [2.75, 3.05) is 19.6 Å². The Hall–Kier alpha value is -2.95. The lowest BCUT2D eigenvalue weighted by molar-refractivity contribution is -0.215. The van der Waals surface area contributed by atoms with Crippen LogP contribution in [0.1, 0.15) is 46.4 Å². The Morgan fingerprint density at radius 1 is 1.00 bits per heavy atom. The van der Waals surface area contributed by atoms with Gasteiger partial charge in [-0.3, -0.25) is 19.3 Å². The Balaban J connectivity index is 1.29. The maximum Gasteiger partial charge on any atom is 0.340 e. The molecule has 2 saturated carbocycles. The molecule has 0 amide bonds. The third kappa shape index (κ3) is 3.61. The average Bonchev–Trinajstić information content (AvgIpc) is 3.41. The van der Waals surface area contributed by atoms with E-state index in [9.17, 15) is 24.3 Å². The summed E-state index contributed by atoms with van der Waals surface area (Å²) in [5, 5.41) is 9.85. The molecule has 206 valence electrons. The van der Waals surface area contributed by atoms with Crippen molar-refractivity contribution in [3.63, 3.8) is 0 Å². The summed E-state index contributed by atoms with van der Waals surface area (Å²) in [5.74, 6) is -3.77. The van der Waals surface area contributed by atoms with Gasteiger partial charge in [-0.1, -0.05) is 24.3 Å². The van der Waals surface area contributed by atoms with Gasteiger partial charge >= 0.3 is 5.97 Å². The van der Waals surface area contributed by atoms with Gasteiger partial charge in [0.25, 0.3) is 0 Å². The zero-order valence-corrected chi connectivity index (χ0v) is 21.4. The standard InChI is InChI=1S/C29H32FN3O6/c30-20-7-18-23-28(24(20)32-6-5-13(10-31)11-32)39-22-9-17-16(25(34)14-3-1-2-4-15(14)26(17)35)8-21(22)33(23)12-19(27(18)36)29(37)38/h1-4,12-13,16-18,20-24,28H,5-11,31H2,(H,37,38). The monoisotopic (exact) mass is 537 g/mol. The van der Waals surface area contributed by atoms with E-state index in [0.29, 0.717) is 37.2 Å². The molecule has 2 saturated heterocycles. The van der Waals surface area contributed by atoms with E-state index in [1.165, 1.54) is 6.20 Å². The molecule has 0 aromatic heterocycles. The number of aliphatic carboxylic acids is 1.